The van der Waals surface area contributed by atoms with Gasteiger partial charge >= 0.3 is 0 Å². The van der Waals surface area contributed by atoms with Gasteiger partial charge in [-0.25, -0.2) is 0 Å². The highest BCUT2D eigenvalue weighted by molar-refractivity contribution is 6.30. The summed E-state index contributed by atoms with van der Waals surface area (Å²) in [6.45, 7) is 0. The number of halogens is 1. The van der Waals surface area contributed by atoms with Crippen LogP contribution in [0.4, 0.5) is 11.4 Å². The second-order valence-corrected chi connectivity index (χ2v) is 6.49. The Labute approximate surface area is 142 Å². The number of nitrogens with one attached hydrogen (secondary N) is 2. The summed E-state index contributed by atoms with van der Waals surface area (Å²) in [4.78, 5) is 12.1. The molecule has 0 spiro atoms. The second-order valence-electron chi connectivity index (χ2n) is 6.05. The van der Waals surface area contributed by atoms with Crippen molar-refractivity contribution in [2.24, 2.45) is 0 Å². The first-order valence-corrected chi connectivity index (χ1v) is 8.48. The first-order valence-electron chi connectivity index (χ1n) is 8.10. The quantitative estimate of drug-likeness (QED) is 0.821. The zero-order valence-electron chi connectivity index (χ0n) is 13.0. The molecule has 0 radical (unpaired) electrons. The maximum absolute atomic E-state index is 12.1. The molecule has 2 aromatic rings. The van der Waals surface area contributed by atoms with E-state index in [1.807, 2.05) is 36.4 Å². The summed E-state index contributed by atoms with van der Waals surface area (Å²) >= 11 is 5.85. The average Bonchev–Trinajstić information content (AvgIpc) is 3.04. The van der Waals surface area contributed by atoms with E-state index in [0.717, 1.165) is 16.9 Å². The van der Waals surface area contributed by atoms with Crippen molar-refractivity contribution in [1.29, 1.82) is 0 Å². The van der Waals surface area contributed by atoms with Gasteiger partial charge in [0.25, 0.3) is 0 Å². The van der Waals surface area contributed by atoms with Gasteiger partial charge in [-0.05, 0) is 54.8 Å². The molecule has 0 unspecified atom stereocenters. The van der Waals surface area contributed by atoms with E-state index in [4.69, 9.17) is 11.6 Å². The lowest BCUT2D eigenvalue weighted by molar-refractivity contribution is -0.115. The lowest BCUT2D eigenvalue weighted by atomic mass is 10.1. The third-order valence-corrected chi connectivity index (χ3v) is 4.42. The highest BCUT2D eigenvalue weighted by Crippen LogP contribution is 2.23. The molecule has 23 heavy (non-hydrogen) atoms. The predicted molar refractivity (Wildman–Crippen MR) is 96.1 cm³/mol. The van der Waals surface area contributed by atoms with Crippen LogP contribution in [0.2, 0.25) is 5.02 Å². The van der Waals surface area contributed by atoms with Crippen LogP contribution in [0.15, 0.2) is 48.5 Å². The fourth-order valence-corrected chi connectivity index (χ4v) is 3.07. The van der Waals surface area contributed by atoms with Crippen molar-refractivity contribution in [3.63, 3.8) is 0 Å². The van der Waals surface area contributed by atoms with Crippen molar-refractivity contribution in [2.45, 2.75) is 38.1 Å². The normalized spacial score (nSPS) is 14.7. The van der Waals surface area contributed by atoms with Gasteiger partial charge in [0.2, 0.25) is 5.91 Å². The number of rotatable bonds is 5. The van der Waals surface area contributed by atoms with Crippen molar-refractivity contribution >= 4 is 28.9 Å². The molecule has 0 aliphatic heterocycles. The standard InChI is InChI=1S/C19H21ClN2O/c20-15-7-5-14(6-8-15)13-19(23)22-18-11-9-17(10-12-18)21-16-3-1-2-4-16/h5-12,16,21H,1-4,13H2,(H,22,23). The molecule has 2 N–H and O–H groups in total. The van der Waals surface area contributed by atoms with Gasteiger partial charge < -0.3 is 10.6 Å². The van der Waals surface area contributed by atoms with Crippen LogP contribution in [-0.4, -0.2) is 11.9 Å². The van der Waals surface area contributed by atoms with E-state index in [-0.39, 0.29) is 5.91 Å². The van der Waals surface area contributed by atoms with Gasteiger partial charge in [-0.1, -0.05) is 36.6 Å². The largest absolute Gasteiger partial charge is 0.382 e. The number of benzene rings is 2. The summed E-state index contributed by atoms with van der Waals surface area (Å²) in [7, 11) is 0. The van der Waals surface area contributed by atoms with Gasteiger partial charge in [-0.2, -0.15) is 0 Å². The maximum Gasteiger partial charge on any atom is 0.228 e. The molecule has 4 heteroatoms. The number of hydrogen-bond donors (Lipinski definition) is 2. The minimum absolute atomic E-state index is 0.0242. The minimum atomic E-state index is -0.0242. The van der Waals surface area contributed by atoms with E-state index in [1.54, 1.807) is 12.1 Å². The fraction of sp³-hybridized carbons (Fsp3) is 0.316. The summed E-state index contributed by atoms with van der Waals surface area (Å²) in [5, 5.41) is 7.15. The summed E-state index contributed by atoms with van der Waals surface area (Å²) in [5.74, 6) is -0.0242. The summed E-state index contributed by atoms with van der Waals surface area (Å²) in [6.07, 6.45) is 5.48. The molecule has 1 amide bonds. The maximum atomic E-state index is 12.1. The molecule has 1 aliphatic rings. The first kappa shape index (κ1) is 15.9. The monoisotopic (exact) mass is 328 g/mol. The summed E-state index contributed by atoms with van der Waals surface area (Å²) in [6, 6.07) is 15.9. The molecule has 3 nitrogen and oxygen atoms in total. The zero-order valence-corrected chi connectivity index (χ0v) is 13.8. The summed E-state index contributed by atoms with van der Waals surface area (Å²) in [5.41, 5.74) is 2.89. The fourth-order valence-electron chi connectivity index (χ4n) is 2.95. The molecule has 1 aliphatic carbocycles. The lowest BCUT2D eigenvalue weighted by Gasteiger charge is -2.14. The predicted octanol–water partition coefficient (Wildman–Crippen LogP) is 4.88. The van der Waals surface area contributed by atoms with Crippen molar-refractivity contribution in [3.05, 3.63) is 59.1 Å². The molecule has 1 fully saturated rings. The number of anilines is 2. The molecule has 1 saturated carbocycles. The van der Waals surface area contributed by atoms with E-state index in [0.29, 0.717) is 17.5 Å². The Hall–Kier alpha value is -2.00. The first-order chi connectivity index (χ1) is 11.2. The van der Waals surface area contributed by atoms with E-state index in [2.05, 4.69) is 10.6 Å². The Morgan fingerprint density at radius 2 is 1.57 bits per heavy atom. The molecule has 120 valence electrons. The van der Waals surface area contributed by atoms with Gasteiger partial charge in [0.05, 0.1) is 6.42 Å². The number of amides is 1. The van der Waals surface area contributed by atoms with Crippen molar-refractivity contribution in [1.82, 2.24) is 0 Å². The molecular formula is C19H21ClN2O. The van der Waals surface area contributed by atoms with E-state index >= 15 is 0 Å². The molecule has 0 atom stereocenters. The van der Waals surface area contributed by atoms with E-state index in [9.17, 15) is 4.79 Å². The minimum Gasteiger partial charge on any atom is -0.382 e. The van der Waals surface area contributed by atoms with Crippen molar-refractivity contribution in [2.75, 3.05) is 10.6 Å². The van der Waals surface area contributed by atoms with Crippen molar-refractivity contribution in [3.8, 4) is 0 Å². The average molecular weight is 329 g/mol. The van der Waals surface area contributed by atoms with Crippen LogP contribution in [-0.2, 0) is 11.2 Å². The molecule has 0 bridgehead atoms. The molecule has 3 rings (SSSR count). The molecule has 0 aromatic heterocycles. The van der Waals surface area contributed by atoms with Gasteiger partial charge in [-0.15, -0.1) is 0 Å². The smallest absolute Gasteiger partial charge is 0.228 e. The number of hydrogen-bond acceptors (Lipinski definition) is 2. The topological polar surface area (TPSA) is 41.1 Å². The summed E-state index contributed by atoms with van der Waals surface area (Å²) < 4.78 is 0. The van der Waals surface area contributed by atoms with Crippen LogP contribution in [0.5, 0.6) is 0 Å². The highest BCUT2D eigenvalue weighted by atomic mass is 35.5. The second kappa shape index (κ2) is 7.51. The van der Waals surface area contributed by atoms with Gasteiger partial charge in [0.1, 0.15) is 0 Å². The molecular weight excluding hydrogens is 308 g/mol. The Morgan fingerprint density at radius 3 is 2.22 bits per heavy atom. The van der Waals surface area contributed by atoms with Gasteiger partial charge in [0, 0.05) is 22.4 Å². The van der Waals surface area contributed by atoms with Crippen LogP contribution in [0, 0.1) is 0 Å². The van der Waals surface area contributed by atoms with E-state index < -0.39 is 0 Å². The van der Waals surface area contributed by atoms with Crippen LogP contribution in [0.25, 0.3) is 0 Å². The van der Waals surface area contributed by atoms with Crippen LogP contribution < -0.4 is 10.6 Å². The number of carbonyl (C=O) groups is 1. The van der Waals surface area contributed by atoms with Gasteiger partial charge in [0.15, 0.2) is 0 Å². The Balaban J connectivity index is 1.52. The molecule has 0 saturated heterocycles. The Bertz CT molecular complexity index is 646. The third-order valence-electron chi connectivity index (χ3n) is 4.17. The third kappa shape index (κ3) is 4.73. The van der Waals surface area contributed by atoms with E-state index in [1.165, 1.54) is 25.7 Å². The zero-order chi connectivity index (χ0) is 16.1. The van der Waals surface area contributed by atoms with Gasteiger partial charge in [-0.3, -0.25) is 4.79 Å². The molecule has 0 heterocycles. The Kier molecular flexibility index (Phi) is 5.19. The Morgan fingerprint density at radius 1 is 0.957 bits per heavy atom. The lowest BCUT2D eigenvalue weighted by Crippen LogP contribution is -2.15. The SMILES string of the molecule is O=C(Cc1ccc(Cl)cc1)Nc1ccc(NC2CCCC2)cc1. The molecule has 2 aromatic carbocycles. The van der Waals surface area contributed by atoms with Crippen LogP contribution >= 0.6 is 11.6 Å². The van der Waals surface area contributed by atoms with Crippen LogP contribution in [0.1, 0.15) is 31.2 Å². The highest BCUT2D eigenvalue weighted by Gasteiger charge is 2.14. The van der Waals surface area contributed by atoms with Crippen molar-refractivity contribution < 1.29 is 4.79 Å². The van der Waals surface area contributed by atoms with Crippen LogP contribution in [0.3, 0.4) is 0 Å². The number of carbonyl (C=O) groups excluding carboxylic acids is 1.